The number of nitrogens with one attached hydrogen (secondary N) is 1. The number of rotatable bonds is 8. The standard InChI is InChI=1S/C19H29N3O5.2ClH/c1-25-17-3-2-13(8-18(17)26-7-5-20)19(24)21-14-9-15-12-27-16(4-6-23)11-22(15)10-14;;/h2-3,8,14-16,23H,4-7,9-12,20H2,1H3,(H,21,24);2*1H/t14-,15+,16+;;/m1../s1. The number of benzene rings is 1. The second kappa shape index (κ2) is 12.4. The van der Waals surface area contributed by atoms with Crippen LogP contribution in [-0.2, 0) is 4.74 Å². The van der Waals surface area contributed by atoms with Crippen LogP contribution >= 0.6 is 24.8 Å². The molecule has 10 heteroatoms. The number of halogens is 2. The Kier molecular flexibility index (Phi) is 11.0. The molecule has 0 aromatic heterocycles. The maximum Gasteiger partial charge on any atom is 0.251 e. The van der Waals surface area contributed by atoms with E-state index in [9.17, 15) is 4.79 Å². The third kappa shape index (κ3) is 6.60. The Morgan fingerprint density at radius 2 is 2.14 bits per heavy atom. The lowest BCUT2D eigenvalue weighted by Crippen LogP contribution is -2.46. The van der Waals surface area contributed by atoms with Gasteiger partial charge in [0.1, 0.15) is 6.61 Å². The van der Waals surface area contributed by atoms with Crippen molar-refractivity contribution in [1.82, 2.24) is 10.2 Å². The molecule has 0 spiro atoms. The third-order valence-electron chi connectivity index (χ3n) is 5.08. The van der Waals surface area contributed by atoms with Crippen LogP contribution in [0, 0.1) is 0 Å². The molecular weight excluding hydrogens is 421 g/mol. The van der Waals surface area contributed by atoms with E-state index in [1.807, 2.05) is 0 Å². The van der Waals surface area contributed by atoms with E-state index in [2.05, 4.69) is 10.2 Å². The highest BCUT2D eigenvalue weighted by Gasteiger charge is 2.37. The molecule has 2 saturated heterocycles. The summed E-state index contributed by atoms with van der Waals surface area (Å²) in [6, 6.07) is 5.55. The van der Waals surface area contributed by atoms with Crippen LogP contribution in [0.4, 0.5) is 0 Å². The molecule has 0 radical (unpaired) electrons. The number of nitrogens with zero attached hydrogens (tertiary/aromatic N) is 1. The number of carbonyl (C=O) groups excluding carboxylic acids is 1. The Labute approximate surface area is 183 Å². The zero-order valence-electron chi connectivity index (χ0n) is 16.5. The van der Waals surface area contributed by atoms with Gasteiger partial charge in [-0.3, -0.25) is 9.69 Å². The molecule has 1 aromatic rings. The predicted molar refractivity (Wildman–Crippen MR) is 115 cm³/mol. The van der Waals surface area contributed by atoms with E-state index in [-0.39, 0.29) is 49.5 Å². The first kappa shape index (κ1) is 25.7. The normalized spacial score (nSPS) is 23.3. The summed E-state index contributed by atoms with van der Waals surface area (Å²) >= 11 is 0. The SMILES string of the molecule is COc1ccc(C(=O)N[C@@H]2C[C@H]3CO[C@@H](CCO)CN3C2)cc1OCCN.Cl.Cl. The van der Waals surface area contributed by atoms with E-state index in [1.54, 1.807) is 25.3 Å². The molecule has 0 aliphatic carbocycles. The molecule has 2 aliphatic rings. The van der Waals surface area contributed by atoms with Gasteiger partial charge in [0.15, 0.2) is 11.5 Å². The summed E-state index contributed by atoms with van der Waals surface area (Å²) in [5, 5.41) is 12.2. The highest BCUT2D eigenvalue weighted by atomic mass is 35.5. The van der Waals surface area contributed by atoms with Gasteiger partial charge in [-0.15, -0.1) is 24.8 Å². The Bertz CT molecular complexity index is 652. The van der Waals surface area contributed by atoms with Crippen LogP contribution in [0.5, 0.6) is 11.5 Å². The summed E-state index contributed by atoms with van der Waals surface area (Å²) in [6.07, 6.45) is 1.59. The van der Waals surface area contributed by atoms with Crippen LogP contribution in [0.25, 0.3) is 0 Å². The van der Waals surface area contributed by atoms with E-state index < -0.39 is 0 Å². The number of hydrogen-bond acceptors (Lipinski definition) is 7. The fourth-order valence-electron chi connectivity index (χ4n) is 3.73. The largest absolute Gasteiger partial charge is 0.493 e. The molecule has 4 N–H and O–H groups in total. The van der Waals surface area contributed by atoms with E-state index in [4.69, 9.17) is 25.1 Å². The molecule has 0 saturated carbocycles. The number of morpholine rings is 1. The maximum atomic E-state index is 12.7. The lowest BCUT2D eigenvalue weighted by molar-refractivity contribution is -0.0566. The van der Waals surface area contributed by atoms with Gasteiger partial charge in [-0.1, -0.05) is 0 Å². The topological polar surface area (TPSA) is 106 Å². The molecular formula is C19H31Cl2N3O5. The van der Waals surface area contributed by atoms with Gasteiger partial charge in [-0.25, -0.2) is 0 Å². The monoisotopic (exact) mass is 451 g/mol. The molecule has 1 aromatic carbocycles. The molecule has 29 heavy (non-hydrogen) atoms. The van der Waals surface area contributed by atoms with E-state index in [0.717, 1.165) is 19.5 Å². The Hall–Kier alpha value is -1.29. The summed E-state index contributed by atoms with van der Waals surface area (Å²) in [5.41, 5.74) is 6.02. The van der Waals surface area contributed by atoms with E-state index >= 15 is 0 Å². The fraction of sp³-hybridized carbons (Fsp3) is 0.632. The van der Waals surface area contributed by atoms with Gasteiger partial charge < -0.3 is 30.4 Å². The maximum absolute atomic E-state index is 12.7. The van der Waals surface area contributed by atoms with Gasteiger partial charge >= 0.3 is 0 Å². The molecule has 3 rings (SSSR count). The number of hydrogen-bond donors (Lipinski definition) is 3. The van der Waals surface area contributed by atoms with Crippen molar-refractivity contribution in [1.29, 1.82) is 0 Å². The van der Waals surface area contributed by atoms with Gasteiger partial charge in [-0.05, 0) is 31.0 Å². The first-order chi connectivity index (χ1) is 13.1. The number of ether oxygens (including phenoxy) is 3. The smallest absolute Gasteiger partial charge is 0.251 e. The minimum absolute atomic E-state index is 0. The van der Waals surface area contributed by atoms with Crippen molar-refractivity contribution in [2.75, 3.05) is 46.6 Å². The summed E-state index contributed by atoms with van der Waals surface area (Å²) in [6.45, 7) is 3.13. The van der Waals surface area contributed by atoms with Crippen LogP contribution in [0.15, 0.2) is 18.2 Å². The quantitative estimate of drug-likeness (QED) is 0.537. The van der Waals surface area contributed by atoms with Crippen LogP contribution in [0.1, 0.15) is 23.2 Å². The fourth-order valence-corrected chi connectivity index (χ4v) is 3.73. The van der Waals surface area contributed by atoms with Crippen molar-refractivity contribution >= 4 is 30.7 Å². The molecule has 8 nitrogen and oxygen atoms in total. The first-order valence-electron chi connectivity index (χ1n) is 9.43. The number of nitrogens with two attached hydrogens (primary N) is 1. The lowest BCUT2D eigenvalue weighted by atomic mass is 10.1. The summed E-state index contributed by atoms with van der Waals surface area (Å²) in [4.78, 5) is 15.0. The van der Waals surface area contributed by atoms with Gasteiger partial charge in [-0.2, -0.15) is 0 Å². The lowest BCUT2D eigenvalue weighted by Gasteiger charge is -2.34. The van der Waals surface area contributed by atoms with Gasteiger partial charge in [0.05, 0.1) is 19.8 Å². The van der Waals surface area contributed by atoms with Crippen molar-refractivity contribution in [3.8, 4) is 11.5 Å². The minimum Gasteiger partial charge on any atom is -0.493 e. The summed E-state index contributed by atoms with van der Waals surface area (Å²) < 4.78 is 16.6. The van der Waals surface area contributed by atoms with Gasteiger partial charge in [0.2, 0.25) is 0 Å². The number of fused-ring (bicyclic) bond motifs is 1. The van der Waals surface area contributed by atoms with Crippen LogP contribution in [0.3, 0.4) is 0 Å². The van der Waals surface area contributed by atoms with Crippen LogP contribution in [-0.4, -0.2) is 80.7 Å². The predicted octanol–water partition coefficient (Wildman–Crippen LogP) is 0.830. The minimum atomic E-state index is -0.132. The second-order valence-electron chi connectivity index (χ2n) is 6.98. The highest BCUT2D eigenvalue weighted by Crippen LogP contribution is 2.29. The summed E-state index contributed by atoms with van der Waals surface area (Å²) in [7, 11) is 1.56. The molecule has 0 unspecified atom stereocenters. The Morgan fingerprint density at radius 3 is 2.83 bits per heavy atom. The van der Waals surface area contributed by atoms with Crippen molar-refractivity contribution in [2.45, 2.75) is 31.0 Å². The zero-order valence-corrected chi connectivity index (χ0v) is 18.2. The number of aliphatic hydroxyl groups is 1. The molecule has 3 atom stereocenters. The van der Waals surface area contributed by atoms with Crippen molar-refractivity contribution in [3.05, 3.63) is 23.8 Å². The summed E-state index contributed by atoms with van der Waals surface area (Å²) in [5.74, 6) is 0.956. The molecule has 2 fully saturated rings. The number of methoxy groups -OCH3 is 1. The van der Waals surface area contributed by atoms with Crippen LogP contribution < -0.4 is 20.5 Å². The van der Waals surface area contributed by atoms with E-state index in [0.29, 0.717) is 49.3 Å². The second-order valence-corrected chi connectivity index (χ2v) is 6.98. The molecule has 0 bridgehead atoms. The zero-order chi connectivity index (χ0) is 19.2. The average molecular weight is 452 g/mol. The number of amides is 1. The molecule has 2 heterocycles. The molecule has 166 valence electrons. The Morgan fingerprint density at radius 1 is 1.34 bits per heavy atom. The highest BCUT2D eigenvalue weighted by molar-refractivity contribution is 5.95. The van der Waals surface area contributed by atoms with Gasteiger partial charge in [0.25, 0.3) is 5.91 Å². The number of aliphatic hydroxyl groups excluding tert-OH is 1. The molecule has 2 aliphatic heterocycles. The first-order valence-corrected chi connectivity index (χ1v) is 9.43. The van der Waals surface area contributed by atoms with Crippen molar-refractivity contribution in [2.24, 2.45) is 5.73 Å². The Balaban J connectivity index is 0.00000210. The molecule has 1 amide bonds. The number of carbonyl (C=O) groups is 1. The van der Waals surface area contributed by atoms with Crippen LogP contribution in [0.2, 0.25) is 0 Å². The third-order valence-corrected chi connectivity index (χ3v) is 5.08. The van der Waals surface area contributed by atoms with Crippen molar-refractivity contribution in [3.63, 3.8) is 0 Å². The average Bonchev–Trinajstić information content (AvgIpc) is 3.07. The van der Waals surface area contributed by atoms with Gasteiger partial charge in [0, 0.05) is 43.9 Å². The van der Waals surface area contributed by atoms with E-state index in [1.165, 1.54) is 0 Å². The van der Waals surface area contributed by atoms with Crippen molar-refractivity contribution < 1.29 is 24.1 Å².